The highest BCUT2D eigenvalue weighted by Gasteiger charge is 2.25. The maximum atomic E-state index is 5.92. The molecule has 4 heteroatoms. The van der Waals surface area contributed by atoms with Gasteiger partial charge in [-0.15, -0.1) is 0 Å². The molecule has 2 N–H and O–H groups in total. The van der Waals surface area contributed by atoms with Crippen molar-refractivity contribution in [3.05, 3.63) is 69.2 Å². The van der Waals surface area contributed by atoms with E-state index in [0.717, 1.165) is 15.9 Å². The van der Waals surface area contributed by atoms with Crippen molar-refractivity contribution in [1.82, 2.24) is 10.9 Å². The third kappa shape index (κ3) is 3.00. The van der Waals surface area contributed by atoms with Gasteiger partial charge in [0, 0.05) is 21.6 Å². The van der Waals surface area contributed by atoms with E-state index in [2.05, 4.69) is 63.2 Å². The van der Waals surface area contributed by atoms with Crippen molar-refractivity contribution in [3.8, 4) is 0 Å². The highest BCUT2D eigenvalue weighted by molar-refractivity contribution is 9.10. The lowest BCUT2D eigenvalue weighted by atomic mass is 9.98. The molecule has 0 radical (unpaired) electrons. The molecule has 0 aromatic heterocycles. The summed E-state index contributed by atoms with van der Waals surface area (Å²) in [6, 6.07) is 17.1. The van der Waals surface area contributed by atoms with Gasteiger partial charge in [-0.05, 0) is 41.8 Å². The van der Waals surface area contributed by atoms with E-state index in [1.165, 1.54) is 11.1 Å². The first-order valence-electron chi connectivity index (χ1n) is 6.24. The quantitative estimate of drug-likeness (QED) is 0.849. The van der Waals surface area contributed by atoms with Crippen LogP contribution >= 0.6 is 27.5 Å². The first kappa shape index (κ1) is 13.1. The van der Waals surface area contributed by atoms with Crippen molar-refractivity contribution in [2.45, 2.75) is 18.5 Å². The zero-order valence-corrected chi connectivity index (χ0v) is 12.6. The molecule has 0 spiro atoms. The number of hydrazine groups is 1. The van der Waals surface area contributed by atoms with E-state index >= 15 is 0 Å². The van der Waals surface area contributed by atoms with Gasteiger partial charge < -0.3 is 0 Å². The van der Waals surface area contributed by atoms with Crippen LogP contribution in [0.4, 0.5) is 0 Å². The molecular weight excluding hydrogens is 324 g/mol. The SMILES string of the molecule is Clc1ccc(C2CC(c3ccc(Br)cc3)NN2)cc1. The predicted molar refractivity (Wildman–Crippen MR) is 82.0 cm³/mol. The Morgan fingerprint density at radius 3 is 1.84 bits per heavy atom. The molecule has 98 valence electrons. The molecule has 2 nitrogen and oxygen atoms in total. The van der Waals surface area contributed by atoms with E-state index in [1.54, 1.807) is 0 Å². The van der Waals surface area contributed by atoms with Crippen LogP contribution in [0, 0.1) is 0 Å². The Labute approximate surface area is 126 Å². The van der Waals surface area contributed by atoms with Gasteiger partial charge in [-0.25, -0.2) is 10.9 Å². The van der Waals surface area contributed by atoms with Gasteiger partial charge >= 0.3 is 0 Å². The molecule has 2 unspecified atom stereocenters. The van der Waals surface area contributed by atoms with Gasteiger partial charge in [0.2, 0.25) is 0 Å². The van der Waals surface area contributed by atoms with Crippen LogP contribution in [0.25, 0.3) is 0 Å². The molecule has 1 aliphatic heterocycles. The Kier molecular flexibility index (Phi) is 3.89. The van der Waals surface area contributed by atoms with Gasteiger partial charge in [-0.1, -0.05) is 51.8 Å². The third-order valence-electron chi connectivity index (χ3n) is 3.45. The molecule has 2 aromatic carbocycles. The summed E-state index contributed by atoms with van der Waals surface area (Å²) in [5, 5.41) is 0.777. The topological polar surface area (TPSA) is 24.1 Å². The molecule has 3 rings (SSSR count). The van der Waals surface area contributed by atoms with Gasteiger partial charge in [-0.2, -0.15) is 0 Å². The molecule has 1 heterocycles. The number of hydrogen-bond donors (Lipinski definition) is 2. The Morgan fingerprint density at radius 1 is 0.842 bits per heavy atom. The van der Waals surface area contributed by atoms with E-state index in [1.807, 2.05) is 12.1 Å². The second-order valence-corrected chi connectivity index (χ2v) is 6.08. The van der Waals surface area contributed by atoms with Crippen LogP contribution in [-0.4, -0.2) is 0 Å². The monoisotopic (exact) mass is 336 g/mol. The first-order chi connectivity index (χ1) is 9.22. The second-order valence-electron chi connectivity index (χ2n) is 4.73. The summed E-state index contributed by atoms with van der Waals surface area (Å²) in [5.74, 6) is 0. The zero-order chi connectivity index (χ0) is 13.2. The van der Waals surface area contributed by atoms with Crippen molar-refractivity contribution in [2.75, 3.05) is 0 Å². The number of nitrogens with one attached hydrogen (secondary N) is 2. The van der Waals surface area contributed by atoms with Gasteiger partial charge in [0.25, 0.3) is 0 Å². The smallest absolute Gasteiger partial charge is 0.0481 e. The summed E-state index contributed by atoms with van der Waals surface area (Å²) in [5.41, 5.74) is 9.27. The Morgan fingerprint density at radius 2 is 1.32 bits per heavy atom. The number of benzene rings is 2. The van der Waals surface area contributed by atoms with E-state index in [0.29, 0.717) is 12.1 Å². The van der Waals surface area contributed by atoms with E-state index in [9.17, 15) is 0 Å². The van der Waals surface area contributed by atoms with E-state index < -0.39 is 0 Å². The number of rotatable bonds is 2. The first-order valence-corrected chi connectivity index (χ1v) is 7.41. The van der Waals surface area contributed by atoms with Crippen molar-refractivity contribution in [1.29, 1.82) is 0 Å². The van der Waals surface area contributed by atoms with Crippen LogP contribution in [0.1, 0.15) is 29.6 Å². The standard InChI is InChI=1S/C15H14BrClN2/c16-12-5-1-10(2-6-12)14-9-15(19-18-14)11-3-7-13(17)8-4-11/h1-8,14-15,18-19H,9H2. The molecule has 0 aliphatic carbocycles. The lowest BCUT2D eigenvalue weighted by molar-refractivity contribution is 0.555. The molecule has 0 saturated carbocycles. The van der Waals surface area contributed by atoms with Crippen molar-refractivity contribution < 1.29 is 0 Å². The fourth-order valence-electron chi connectivity index (χ4n) is 2.38. The van der Waals surface area contributed by atoms with Crippen LogP contribution in [0.3, 0.4) is 0 Å². The minimum absolute atomic E-state index is 0.325. The van der Waals surface area contributed by atoms with Crippen LogP contribution in [0.2, 0.25) is 5.02 Å². The summed E-state index contributed by atoms with van der Waals surface area (Å²) >= 11 is 9.38. The largest absolute Gasteiger partial charge is 0.250 e. The van der Waals surface area contributed by atoms with Crippen molar-refractivity contribution >= 4 is 27.5 Å². The van der Waals surface area contributed by atoms with Crippen LogP contribution in [0.15, 0.2) is 53.0 Å². The van der Waals surface area contributed by atoms with Crippen LogP contribution in [0.5, 0.6) is 0 Å². The number of hydrogen-bond acceptors (Lipinski definition) is 2. The molecule has 1 fully saturated rings. The summed E-state index contributed by atoms with van der Waals surface area (Å²) in [7, 11) is 0. The molecule has 0 amide bonds. The normalized spacial score (nSPS) is 22.6. The lowest BCUT2D eigenvalue weighted by Gasteiger charge is -2.10. The van der Waals surface area contributed by atoms with Gasteiger partial charge in [0.1, 0.15) is 0 Å². The predicted octanol–water partition coefficient (Wildman–Crippen LogP) is 4.38. The Bertz CT molecular complexity index is 502. The minimum Gasteiger partial charge on any atom is -0.250 e. The summed E-state index contributed by atoms with van der Waals surface area (Å²) in [6.45, 7) is 0. The maximum absolute atomic E-state index is 5.92. The highest BCUT2D eigenvalue weighted by Crippen LogP contribution is 2.31. The third-order valence-corrected chi connectivity index (χ3v) is 4.23. The van der Waals surface area contributed by atoms with E-state index in [4.69, 9.17) is 11.6 Å². The lowest BCUT2D eigenvalue weighted by Crippen LogP contribution is -2.26. The fourth-order valence-corrected chi connectivity index (χ4v) is 2.77. The molecule has 1 saturated heterocycles. The van der Waals surface area contributed by atoms with Gasteiger partial charge in [0.15, 0.2) is 0 Å². The second kappa shape index (κ2) is 5.63. The average molecular weight is 338 g/mol. The molecule has 2 aromatic rings. The molecule has 19 heavy (non-hydrogen) atoms. The van der Waals surface area contributed by atoms with Crippen LogP contribution < -0.4 is 10.9 Å². The average Bonchev–Trinajstić information content (AvgIpc) is 2.90. The molecule has 0 bridgehead atoms. The van der Waals surface area contributed by atoms with Crippen molar-refractivity contribution in [2.24, 2.45) is 0 Å². The van der Waals surface area contributed by atoms with Crippen molar-refractivity contribution in [3.63, 3.8) is 0 Å². The summed E-state index contributed by atoms with van der Waals surface area (Å²) in [6.07, 6.45) is 1.03. The highest BCUT2D eigenvalue weighted by atomic mass is 79.9. The zero-order valence-electron chi connectivity index (χ0n) is 10.2. The number of halogens is 2. The summed E-state index contributed by atoms with van der Waals surface area (Å²) < 4.78 is 1.11. The summed E-state index contributed by atoms with van der Waals surface area (Å²) in [4.78, 5) is 0. The minimum atomic E-state index is 0.325. The Hall–Kier alpha value is -0.870. The van der Waals surface area contributed by atoms with Crippen LogP contribution in [-0.2, 0) is 0 Å². The molecular formula is C15H14BrClN2. The fraction of sp³-hybridized carbons (Fsp3) is 0.200. The maximum Gasteiger partial charge on any atom is 0.0481 e. The Balaban J connectivity index is 1.73. The molecule has 1 aliphatic rings. The van der Waals surface area contributed by atoms with E-state index in [-0.39, 0.29) is 0 Å². The van der Waals surface area contributed by atoms with Gasteiger partial charge in [0.05, 0.1) is 0 Å². The van der Waals surface area contributed by atoms with Gasteiger partial charge in [-0.3, -0.25) is 0 Å². The molecule has 2 atom stereocenters.